The van der Waals surface area contributed by atoms with Gasteiger partial charge in [-0.15, -0.1) is 0 Å². The summed E-state index contributed by atoms with van der Waals surface area (Å²) >= 11 is 0. The molecule has 0 spiro atoms. The van der Waals surface area contributed by atoms with Crippen LogP contribution in [0.3, 0.4) is 0 Å². The third-order valence-corrected chi connectivity index (χ3v) is 3.15. The van der Waals surface area contributed by atoms with Gasteiger partial charge in [-0.3, -0.25) is 0 Å². The fraction of sp³-hybridized carbons (Fsp3) is 0.667. The van der Waals surface area contributed by atoms with Crippen LogP contribution < -0.4 is 5.73 Å². The van der Waals surface area contributed by atoms with Crippen molar-refractivity contribution in [1.29, 1.82) is 0 Å². The number of aryl methyl sites for hydroxylation is 1. The predicted octanol–water partition coefficient (Wildman–Crippen LogP) is 1.80. The zero-order chi connectivity index (χ0) is 11.1. The van der Waals surface area contributed by atoms with Gasteiger partial charge in [-0.05, 0) is 31.4 Å². The molecule has 0 aromatic carbocycles. The molecule has 1 aromatic rings. The van der Waals surface area contributed by atoms with Crippen molar-refractivity contribution in [2.24, 2.45) is 11.1 Å². The number of hydrogen-bond acceptors (Lipinski definition) is 3. The molecule has 15 heavy (non-hydrogen) atoms. The highest BCUT2D eigenvalue weighted by molar-refractivity contribution is 5.20. The van der Waals surface area contributed by atoms with Crippen LogP contribution in [0, 0.1) is 12.3 Å². The van der Waals surface area contributed by atoms with E-state index in [2.05, 4.69) is 23.8 Å². The first kappa shape index (κ1) is 10.6. The number of hydrogen-bond donors (Lipinski definition) is 1. The lowest BCUT2D eigenvalue weighted by molar-refractivity contribution is 0.605. The van der Waals surface area contributed by atoms with E-state index < -0.39 is 0 Å². The van der Waals surface area contributed by atoms with E-state index in [9.17, 15) is 0 Å². The van der Waals surface area contributed by atoms with Crippen LogP contribution in [0.4, 0.5) is 0 Å². The lowest BCUT2D eigenvalue weighted by Gasteiger charge is -2.06. The van der Waals surface area contributed by atoms with Crippen LogP contribution in [-0.4, -0.2) is 16.5 Å². The van der Waals surface area contributed by atoms with Crippen LogP contribution in [0.5, 0.6) is 0 Å². The van der Waals surface area contributed by atoms with Gasteiger partial charge in [-0.25, -0.2) is 9.97 Å². The van der Waals surface area contributed by atoms with E-state index in [4.69, 9.17) is 5.73 Å². The first-order chi connectivity index (χ1) is 7.03. The van der Waals surface area contributed by atoms with E-state index in [1.54, 1.807) is 0 Å². The second kappa shape index (κ2) is 3.56. The third-order valence-electron chi connectivity index (χ3n) is 3.15. The molecule has 0 saturated heterocycles. The topological polar surface area (TPSA) is 51.8 Å². The highest BCUT2D eigenvalue weighted by Gasteiger charge is 2.48. The SMILES string of the molecule is Cc1cc(CCN)nc(C2CC2(C)C)n1. The quantitative estimate of drug-likeness (QED) is 0.818. The Morgan fingerprint density at radius 1 is 1.47 bits per heavy atom. The third kappa shape index (κ3) is 2.17. The molecular weight excluding hydrogens is 186 g/mol. The normalized spacial score (nSPS) is 22.8. The lowest BCUT2D eigenvalue weighted by Crippen LogP contribution is -2.08. The molecule has 1 heterocycles. The van der Waals surface area contributed by atoms with Crippen molar-refractivity contribution < 1.29 is 0 Å². The van der Waals surface area contributed by atoms with Crippen molar-refractivity contribution in [3.63, 3.8) is 0 Å². The summed E-state index contributed by atoms with van der Waals surface area (Å²) in [5.41, 5.74) is 8.09. The van der Waals surface area contributed by atoms with E-state index in [0.29, 0.717) is 17.9 Å². The smallest absolute Gasteiger partial charge is 0.132 e. The fourth-order valence-corrected chi connectivity index (χ4v) is 2.00. The Bertz CT molecular complexity index is 371. The molecule has 2 rings (SSSR count). The Kier molecular flexibility index (Phi) is 2.51. The van der Waals surface area contributed by atoms with Crippen LogP contribution in [0.25, 0.3) is 0 Å². The van der Waals surface area contributed by atoms with Crippen LogP contribution >= 0.6 is 0 Å². The second-order valence-electron chi connectivity index (χ2n) is 5.14. The molecule has 1 fully saturated rings. The van der Waals surface area contributed by atoms with Crippen molar-refractivity contribution in [2.75, 3.05) is 6.54 Å². The summed E-state index contributed by atoms with van der Waals surface area (Å²) in [6, 6.07) is 2.03. The molecule has 82 valence electrons. The summed E-state index contributed by atoms with van der Waals surface area (Å²) in [6.45, 7) is 7.22. The minimum absolute atomic E-state index is 0.397. The van der Waals surface area contributed by atoms with Crippen molar-refractivity contribution in [3.8, 4) is 0 Å². The molecule has 2 N–H and O–H groups in total. The van der Waals surface area contributed by atoms with Gasteiger partial charge < -0.3 is 5.73 Å². The molecule has 1 aliphatic carbocycles. The van der Waals surface area contributed by atoms with Crippen LogP contribution in [0.1, 0.15) is 43.4 Å². The average Bonchev–Trinajstić information content (AvgIpc) is 2.75. The Balaban J connectivity index is 2.25. The van der Waals surface area contributed by atoms with Crippen molar-refractivity contribution in [1.82, 2.24) is 9.97 Å². The first-order valence-corrected chi connectivity index (χ1v) is 5.57. The summed E-state index contributed by atoms with van der Waals surface area (Å²) in [5, 5.41) is 0. The zero-order valence-electron chi connectivity index (χ0n) is 9.75. The molecule has 0 amide bonds. The monoisotopic (exact) mass is 205 g/mol. The van der Waals surface area contributed by atoms with Gasteiger partial charge in [0.15, 0.2) is 0 Å². The van der Waals surface area contributed by atoms with Crippen LogP contribution in [0.2, 0.25) is 0 Å². The number of aromatic nitrogens is 2. The van der Waals surface area contributed by atoms with Gasteiger partial charge >= 0.3 is 0 Å². The van der Waals surface area contributed by atoms with E-state index >= 15 is 0 Å². The highest BCUT2D eigenvalue weighted by Crippen LogP contribution is 2.57. The van der Waals surface area contributed by atoms with Gasteiger partial charge in [0.05, 0.1) is 0 Å². The summed E-state index contributed by atoms with van der Waals surface area (Å²) in [5.74, 6) is 1.57. The molecule has 0 aliphatic heterocycles. The molecule has 1 saturated carbocycles. The van der Waals surface area contributed by atoms with Crippen molar-refractivity contribution >= 4 is 0 Å². The van der Waals surface area contributed by atoms with E-state index in [0.717, 1.165) is 23.6 Å². The van der Waals surface area contributed by atoms with Crippen LogP contribution in [0.15, 0.2) is 6.07 Å². The molecule has 1 atom stereocenters. The molecule has 1 aromatic heterocycles. The first-order valence-electron chi connectivity index (χ1n) is 5.57. The maximum atomic E-state index is 5.55. The lowest BCUT2D eigenvalue weighted by atomic mass is 10.1. The Morgan fingerprint density at radius 2 is 2.13 bits per heavy atom. The van der Waals surface area contributed by atoms with Gasteiger partial charge in [0.2, 0.25) is 0 Å². The summed E-state index contributed by atoms with van der Waals surface area (Å²) in [7, 11) is 0. The van der Waals surface area contributed by atoms with Gasteiger partial charge in [0.25, 0.3) is 0 Å². The maximum Gasteiger partial charge on any atom is 0.132 e. The molecule has 1 aliphatic rings. The molecular formula is C12H19N3. The Morgan fingerprint density at radius 3 is 2.67 bits per heavy atom. The van der Waals surface area contributed by atoms with Gasteiger partial charge in [0.1, 0.15) is 5.82 Å². The minimum Gasteiger partial charge on any atom is -0.330 e. The molecule has 3 nitrogen and oxygen atoms in total. The van der Waals surface area contributed by atoms with Gasteiger partial charge in [-0.1, -0.05) is 13.8 Å². The zero-order valence-corrected chi connectivity index (χ0v) is 9.75. The average molecular weight is 205 g/mol. The van der Waals surface area contributed by atoms with Gasteiger partial charge in [0, 0.05) is 23.7 Å². The van der Waals surface area contributed by atoms with E-state index in [-0.39, 0.29) is 0 Å². The van der Waals surface area contributed by atoms with Gasteiger partial charge in [-0.2, -0.15) is 0 Å². The van der Waals surface area contributed by atoms with Crippen molar-refractivity contribution in [2.45, 2.75) is 39.5 Å². The van der Waals surface area contributed by atoms with Crippen molar-refractivity contribution in [3.05, 3.63) is 23.3 Å². The minimum atomic E-state index is 0.397. The number of rotatable bonds is 3. The Hall–Kier alpha value is -0.960. The molecule has 1 unspecified atom stereocenters. The summed E-state index contributed by atoms with van der Waals surface area (Å²) in [6.07, 6.45) is 2.06. The molecule has 3 heteroatoms. The maximum absolute atomic E-state index is 5.55. The predicted molar refractivity (Wildman–Crippen MR) is 60.7 cm³/mol. The second-order valence-corrected chi connectivity index (χ2v) is 5.14. The van der Waals surface area contributed by atoms with E-state index in [1.807, 2.05) is 13.0 Å². The molecule has 0 bridgehead atoms. The Labute approximate surface area is 91.1 Å². The summed E-state index contributed by atoms with van der Waals surface area (Å²) < 4.78 is 0. The largest absolute Gasteiger partial charge is 0.330 e. The van der Waals surface area contributed by atoms with E-state index in [1.165, 1.54) is 6.42 Å². The molecule has 0 radical (unpaired) electrons. The fourth-order valence-electron chi connectivity index (χ4n) is 2.00. The standard InChI is InChI=1S/C12H19N3/c1-8-6-9(4-5-13)15-11(14-8)10-7-12(10,2)3/h6,10H,4-5,7,13H2,1-3H3. The highest BCUT2D eigenvalue weighted by atomic mass is 14.9. The number of nitrogens with two attached hydrogens (primary N) is 1. The number of nitrogens with zero attached hydrogens (tertiary/aromatic N) is 2. The van der Waals surface area contributed by atoms with Crippen LogP contribution in [-0.2, 0) is 6.42 Å². The summed E-state index contributed by atoms with van der Waals surface area (Å²) in [4.78, 5) is 9.11.